The van der Waals surface area contributed by atoms with Crippen LogP contribution in [0.5, 0.6) is 0 Å². The van der Waals surface area contributed by atoms with Gasteiger partial charge in [0.15, 0.2) is 5.96 Å². The minimum atomic E-state index is 0. The van der Waals surface area contributed by atoms with Gasteiger partial charge in [-0.25, -0.2) is 4.98 Å². The first kappa shape index (κ1) is 24.9. The highest BCUT2D eigenvalue weighted by molar-refractivity contribution is 14.0. The molecule has 0 bridgehead atoms. The van der Waals surface area contributed by atoms with E-state index in [0.717, 1.165) is 89.2 Å². The molecule has 0 spiro atoms. The number of para-hydroxylation sites is 2. The molecule has 7 nitrogen and oxygen atoms in total. The number of fused-ring (bicyclic) bond motifs is 1. The Hall–Kier alpha value is -1.39. The van der Waals surface area contributed by atoms with Crippen LogP contribution in [0.2, 0.25) is 0 Å². The summed E-state index contributed by atoms with van der Waals surface area (Å²) in [5.74, 6) is 2.56. The molecule has 3 rings (SSSR count). The Kier molecular flexibility index (Phi) is 11.5. The van der Waals surface area contributed by atoms with Gasteiger partial charge < -0.3 is 24.7 Å². The second kappa shape index (κ2) is 13.8. The number of guanidine groups is 1. The van der Waals surface area contributed by atoms with Crippen LogP contribution in [0.4, 0.5) is 0 Å². The van der Waals surface area contributed by atoms with Gasteiger partial charge in [0.25, 0.3) is 0 Å². The fraction of sp³-hybridized carbons (Fsp3) is 0.636. The zero-order valence-electron chi connectivity index (χ0n) is 18.2. The number of aryl methyl sites for hydroxylation is 1. The number of ether oxygens (including phenoxy) is 2. The van der Waals surface area contributed by atoms with Crippen LogP contribution in [0.25, 0.3) is 11.0 Å². The van der Waals surface area contributed by atoms with Gasteiger partial charge in [0, 0.05) is 52.6 Å². The topological polar surface area (TPSA) is 72.7 Å². The number of hydrogen-bond donors (Lipinski definition) is 2. The van der Waals surface area contributed by atoms with E-state index in [9.17, 15) is 0 Å². The smallest absolute Gasteiger partial charge is 0.191 e. The van der Waals surface area contributed by atoms with Crippen molar-refractivity contribution in [1.82, 2.24) is 20.2 Å². The summed E-state index contributed by atoms with van der Waals surface area (Å²) in [6.45, 7) is 10.8. The van der Waals surface area contributed by atoms with E-state index in [0.29, 0.717) is 5.92 Å². The largest absolute Gasteiger partial charge is 0.381 e. The Morgan fingerprint density at radius 2 is 2.07 bits per heavy atom. The van der Waals surface area contributed by atoms with Crippen LogP contribution < -0.4 is 10.6 Å². The number of nitrogens with zero attached hydrogens (tertiary/aromatic N) is 3. The highest BCUT2D eigenvalue weighted by Gasteiger charge is 2.13. The normalized spacial score (nSPS) is 15.2. The van der Waals surface area contributed by atoms with Gasteiger partial charge in [-0.2, -0.15) is 0 Å². The summed E-state index contributed by atoms with van der Waals surface area (Å²) in [5.41, 5.74) is 2.22. The van der Waals surface area contributed by atoms with Crippen LogP contribution in [0.1, 0.15) is 32.0 Å². The maximum Gasteiger partial charge on any atom is 0.191 e. The van der Waals surface area contributed by atoms with E-state index in [1.54, 1.807) is 0 Å². The van der Waals surface area contributed by atoms with E-state index in [2.05, 4.69) is 57.2 Å². The fourth-order valence-corrected chi connectivity index (χ4v) is 3.63. The van der Waals surface area contributed by atoms with E-state index >= 15 is 0 Å². The van der Waals surface area contributed by atoms with Gasteiger partial charge in [-0.1, -0.05) is 12.1 Å². The van der Waals surface area contributed by atoms with Crippen molar-refractivity contribution >= 4 is 41.0 Å². The Morgan fingerprint density at radius 1 is 1.27 bits per heavy atom. The quantitative estimate of drug-likeness (QED) is 0.214. The molecule has 2 heterocycles. The van der Waals surface area contributed by atoms with Gasteiger partial charge in [-0.05, 0) is 51.2 Å². The van der Waals surface area contributed by atoms with Crippen LogP contribution in [0.15, 0.2) is 29.3 Å². The van der Waals surface area contributed by atoms with Crippen LogP contribution in [-0.4, -0.2) is 61.6 Å². The molecule has 1 aromatic heterocycles. The summed E-state index contributed by atoms with van der Waals surface area (Å²) in [4.78, 5) is 9.30. The monoisotopic (exact) mass is 529 g/mol. The lowest BCUT2D eigenvalue weighted by atomic mass is 10.0. The zero-order valence-corrected chi connectivity index (χ0v) is 20.6. The third-order valence-corrected chi connectivity index (χ3v) is 5.23. The second-order valence-corrected chi connectivity index (χ2v) is 7.47. The van der Waals surface area contributed by atoms with Crippen LogP contribution in [-0.2, 0) is 16.0 Å². The van der Waals surface area contributed by atoms with Crippen LogP contribution in [0, 0.1) is 12.8 Å². The molecule has 0 amide bonds. The van der Waals surface area contributed by atoms with Crippen molar-refractivity contribution in [1.29, 1.82) is 0 Å². The molecule has 1 saturated heterocycles. The molecule has 1 fully saturated rings. The number of imidazole rings is 1. The van der Waals surface area contributed by atoms with E-state index < -0.39 is 0 Å². The molecule has 1 aromatic carbocycles. The molecule has 1 aliphatic rings. The number of aromatic nitrogens is 2. The number of aliphatic imine (C=N–C) groups is 1. The number of halogens is 1. The SMILES string of the molecule is CCNC(=NCCCOCC1CCOCC1)NCCn1c(C)nc2ccccc21.I. The molecule has 1 aliphatic heterocycles. The maximum atomic E-state index is 5.82. The maximum absolute atomic E-state index is 5.82. The second-order valence-electron chi connectivity index (χ2n) is 7.47. The van der Waals surface area contributed by atoms with Crippen molar-refractivity contribution < 1.29 is 9.47 Å². The summed E-state index contributed by atoms with van der Waals surface area (Å²) in [6, 6.07) is 8.26. The van der Waals surface area contributed by atoms with E-state index in [-0.39, 0.29) is 24.0 Å². The Labute approximate surface area is 197 Å². The lowest BCUT2D eigenvalue weighted by molar-refractivity contribution is 0.0205. The van der Waals surface area contributed by atoms with Gasteiger partial charge in [0.1, 0.15) is 5.82 Å². The predicted molar refractivity (Wildman–Crippen MR) is 133 cm³/mol. The summed E-state index contributed by atoms with van der Waals surface area (Å²) >= 11 is 0. The van der Waals surface area contributed by atoms with Crippen LogP contribution in [0.3, 0.4) is 0 Å². The summed E-state index contributed by atoms with van der Waals surface area (Å²) in [7, 11) is 0. The Morgan fingerprint density at radius 3 is 2.87 bits per heavy atom. The van der Waals surface area contributed by atoms with Crippen molar-refractivity contribution in [2.45, 2.75) is 39.7 Å². The molecule has 30 heavy (non-hydrogen) atoms. The number of benzene rings is 1. The summed E-state index contributed by atoms with van der Waals surface area (Å²) in [5, 5.41) is 6.75. The molecule has 0 atom stereocenters. The lowest BCUT2D eigenvalue weighted by Gasteiger charge is -2.21. The molecule has 2 aromatic rings. The first-order chi connectivity index (χ1) is 14.3. The molecule has 0 radical (unpaired) electrons. The fourth-order valence-electron chi connectivity index (χ4n) is 3.63. The van der Waals surface area contributed by atoms with Gasteiger partial charge in [-0.3, -0.25) is 4.99 Å². The van der Waals surface area contributed by atoms with Crippen molar-refractivity contribution in [2.75, 3.05) is 46.1 Å². The predicted octanol–water partition coefficient (Wildman–Crippen LogP) is 3.35. The molecule has 0 saturated carbocycles. The molecular formula is C22H36IN5O2. The summed E-state index contributed by atoms with van der Waals surface area (Å²) < 4.78 is 13.5. The molecule has 2 N–H and O–H groups in total. The standard InChI is InChI=1S/C22H35N5O2.HI/c1-3-23-22(24-11-6-14-29-17-19-9-15-28-16-10-19)25-12-13-27-18(2)26-20-7-4-5-8-21(20)27;/h4-5,7-8,19H,3,6,9-17H2,1-2H3,(H2,23,24,25);1H. The van der Waals surface area contributed by atoms with E-state index in [4.69, 9.17) is 9.47 Å². The minimum Gasteiger partial charge on any atom is -0.381 e. The molecule has 0 unspecified atom stereocenters. The third-order valence-electron chi connectivity index (χ3n) is 5.23. The molecule has 8 heteroatoms. The first-order valence-electron chi connectivity index (χ1n) is 10.9. The number of hydrogen-bond acceptors (Lipinski definition) is 4. The van der Waals surface area contributed by atoms with Gasteiger partial charge in [0.2, 0.25) is 0 Å². The third kappa shape index (κ3) is 7.70. The molecule has 0 aliphatic carbocycles. The van der Waals surface area contributed by atoms with Gasteiger partial charge in [0.05, 0.1) is 11.0 Å². The molecular weight excluding hydrogens is 493 g/mol. The van der Waals surface area contributed by atoms with Crippen molar-refractivity contribution in [3.63, 3.8) is 0 Å². The Bertz CT molecular complexity index is 774. The zero-order chi connectivity index (χ0) is 20.3. The number of nitrogens with one attached hydrogen (secondary N) is 2. The highest BCUT2D eigenvalue weighted by Crippen LogP contribution is 2.15. The first-order valence-corrected chi connectivity index (χ1v) is 10.9. The van der Waals surface area contributed by atoms with Gasteiger partial charge >= 0.3 is 0 Å². The Balaban J connectivity index is 0.00000320. The van der Waals surface area contributed by atoms with Crippen LogP contribution >= 0.6 is 24.0 Å². The minimum absolute atomic E-state index is 0. The van der Waals surface area contributed by atoms with Gasteiger partial charge in [-0.15, -0.1) is 24.0 Å². The average Bonchev–Trinajstić information content (AvgIpc) is 3.06. The van der Waals surface area contributed by atoms with Crippen molar-refractivity contribution in [2.24, 2.45) is 10.9 Å². The summed E-state index contributed by atoms with van der Waals surface area (Å²) in [6.07, 6.45) is 3.18. The molecule has 168 valence electrons. The highest BCUT2D eigenvalue weighted by atomic mass is 127. The average molecular weight is 529 g/mol. The van der Waals surface area contributed by atoms with E-state index in [1.807, 2.05) is 6.07 Å². The lowest BCUT2D eigenvalue weighted by Crippen LogP contribution is -2.39. The van der Waals surface area contributed by atoms with Crippen molar-refractivity contribution in [3.8, 4) is 0 Å². The van der Waals surface area contributed by atoms with Crippen molar-refractivity contribution in [3.05, 3.63) is 30.1 Å². The van der Waals surface area contributed by atoms with E-state index in [1.165, 1.54) is 5.52 Å². The number of rotatable bonds is 10.